The molecule has 1 aromatic rings. The van der Waals surface area contributed by atoms with Crippen molar-refractivity contribution in [3.8, 4) is 0 Å². The number of carbonyl (C=O) groups is 4. The summed E-state index contributed by atoms with van der Waals surface area (Å²) in [5, 5.41) is 2.31. The average Bonchev–Trinajstić information content (AvgIpc) is 2.62. The number of ketones is 2. The van der Waals surface area contributed by atoms with Gasteiger partial charge in [0.2, 0.25) is 11.8 Å². The predicted molar refractivity (Wildman–Crippen MR) is 82.7 cm³/mol. The summed E-state index contributed by atoms with van der Waals surface area (Å²) in [4.78, 5) is 48.2. The fourth-order valence-electron chi connectivity index (χ4n) is 3.38. The normalized spacial score (nSPS) is 24.9. The number of Topliss-reactive ketones (excluding diaryl/α,β-unsaturated/α-hetero) is 2. The summed E-state index contributed by atoms with van der Waals surface area (Å²) in [6, 6.07) is 4.90. The maximum atomic E-state index is 12.8. The van der Waals surface area contributed by atoms with Crippen LogP contribution in [-0.2, 0) is 9.59 Å². The lowest BCUT2D eigenvalue weighted by molar-refractivity contribution is -0.136. The van der Waals surface area contributed by atoms with Gasteiger partial charge >= 0.3 is 0 Å². The first-order chi connectivity index (χ1) is 11.0. The van der Waals surface area contributed by atoms with Gasteiger partial charge in [-0.2, -0.15) is 0 Å². The fourth-order valence-corrected chi connectivity index (χ4v) is 3.38. The number of amides is 2. The van der Waals surface area contributed by atoms with E-state index in [-0.39, 0.29) is 47.7 Å². The first-order valence-corrected chi connectivity index (χ1v) is 7.77. The van der Waals surface area contributed by atoms with Gasteiger partial charge in [-0.1, -0.05) is 12.1 Å². The van der Waals surface area contributed by atoms with Gasteiger partial charge in [0.15, 0.2) is 11.6 Å². The molecule has 0 radical (unpaired) electrons. The average molecular weight is 314 g/mol. The Hall–Kier alpha value is -2.50. The zero-order valence-electron chi connectivity index (χ0n) is 12.6. The molecule has 2 atom stereocenters. The Morgan fingerprint density at radius 1 is 1.04 bits per heavy atom. The Morgan fingerprint density at radius 2 is 1.78 bits per heavy atom. The molecule has 2 unspecified atom stereocenters. The van der Waals surface area contributed by atoms with E-state index in [0.29, 0.717) is 30.5 Å². The minimum Gasteiger partial charge on any atom is -0.398 e. The third-order valence-electron chi connectivity index (χ3n) is 4.66. The second kappa shape index (κ2) is 5.95. The Morgan fingerprint density at radius 3 is 2.52 bits per heavy atom. The molecule has 1 aromatic carbocycles. The number of benzene rings is 1. The van der Waals surface area contributed by atoms with E-state index < -0.39 is 5.92 Å². The minimum atomic E-state index is -0.422. The van der Waals surface area contributed by atoms with Crippen LogP contribution in [0.1, 0.15) is 52.8 Å². The van der Waals surface area contributed by atoms with Gasteiger partial charge < -0.3 is 5.73 Å². The number of imide groups is 1. The van der Waals surface area contributed by atoms with Crippen molar-refractivity contribution in [2.75, 3.05) is 5.73 Å². The van der Waals surface area contributed by atoms with Crippen molar-refractivity contribution < 1.29 is 19.2 Å². The van der Waals surface area contributed by atoms with Crippen molar-refractivity contribution in [1.82, 2.24) is 5.32 Å². The second-order valence-corrected chi connectivity index (χ2v) is 6.18. The number of fused-ring (bicyclic) bond motifs is 1. The fraction of sp³-hybridized carbons (Fsp3) is 0.412. The molecule has 0 aromatic heterocycles. The van der Waals surface area contributed by atoms with E-state index in [0.717, 1.165) is 0 Å². The van der Waals surface area contributed by atoms with Gasteiger partial charge in [-0.3, -0.25) is 24.5 Å². The summed E-state index contributed by atoms with van der Waals surface area (Å²) in [5.41, 5.74) is 6.87. The maximum absolute atomic E-state index is 12.8. The van der Waals surface area contributed by atoms with Gasteiger partial charge in [0.05, 0.1) is 5.56 Å². The van der Waals surface area contributed by atoms with Crippen LogP contribution in [-0.4, -0.2) is 23.4 Å². The van der Waals surface area contributed by atoms with E-state index in [4.69, 9.17) is 5.73 Å². The van der Waals surface area contributed by atoms with Gasteiger partial charge in [0.25, 0.3) is 0 Å². The molecule has 1 fully saturated rings. The Bertz CT molecular complexity index is 711. The molecule has 0 spiro atoms. The highest BCUT2D eigenvalue weighted by atomic mass is 16.2. The van der Waals surface area contributed by atoms with E-state index in [1.54, 1.807) is 18.2 Å². The number of piperidine rings is 1. The first kappa shape index (κ1) is 15.4. The topological polar surface area (TPSA) is 106 Å². The van der Waals surface area contributed by atoms with Crippen LogP contribution in [0.4, 0.5) is 5.69 Å². The zero-order chi connectivity index (χ0) is 16.6. The Balaban J connectivity index is 1.86. The van der Waals surface area contributed by atoms with Gasteiger partial charge in [-0.25, -0.2) is 0 Å². The SMILES string of the molecule is Nc1cccc2c1C(=O)C(CC1CCC(=O)NC1=O)CCC2=O. The van der Waals surface area contributed by atoms with Crippen LogP contribution in [0.5, 0.6) is 0 Å². The van der Waals surface area contributed by atoms with E-state index in [1.165, 1.54) is 0 Å². The number of anilines is 1. The maximum Gasteiger partial charge on any atom is 0.229 e. The largest absolute Gasteiger partial charge is 0.398 e. The van der Waals surface area contributed by atoms with Gasteiger partial charge in [-0.15, -0.1) is 0 Å². The third-order valence-corrected chi connectivity index (χ3v) is 4.66. The Labute approximate surface area is 133 Å². The number of carbonyl (C=O) groups excluding carboxylic acids is 4. The van der Waals surface area contributed by atoms with Crippen LogP contribution in [0.3, 0.4) is 0 Å². The lowest BCUT2D eigenvalue weighted by Gasteiger charge is -2.24. The van der Waals surface area contributed by atoms with E-state index in [2.05, 4.69) is 5.32 Å². The summed E-state index contributed by atoms with van der Waals surface area (Å²) in [6.07, 6.45) is 1.75. The number of nitrogens with two attached hydrogens (primary N) is 1. The molecule has 1 aliphatic carbocycles. The molecule has 3 N–H and O–H groups in total. The molecule has 1 heterocycles. The molecular formula is C17H18N2O4. The highest BCUT2D eigenvalue weighted by Crippen LogP contribution is 2.33. The van der Waals surface area contributed by atoms with Crippen molar-refractivity contribution >= 4 is 29.1 Å². The second-order valence-electron chi connectivity index (χ2n) is 6.18. The number of hydrogen-bond acceptors (Lipinski definition) is 5. The molecule has 23 heavy (non-hydrogen) atoms. The molecule has 2 aliphatic rings. The summed E-state index contributed by atoms with van der Waals surface area (Å²) < 4.78 is 0. The highest BCUT2D eigenvalue weighted by molar-refractivity contribution is 6.14. The number of hydrogen-bond donors (Lipinski definition) is 2. The smallest absolute Gasteiger partial charge is 0.229 e. The molecule has 0 saturated carbocycles. The predicted octanol–water partition coefficient (Wildman–Crippen LogP) is 1.49. The number of rotatable bonds is 2. The van der Waals surface area contributed by atoms with Gasteiger partial charge in [-0.05, 0) is 25.3 Å². The minimum absolute atomic E-state index is 0.0913. The molecule has 0 bridgehead atoms. The Kier molecular flexibility index (Phi) is 3.98. The quantitative estimate of drug-likeness (QED) is 0.488. The summed E-state index contributed by atoms with van der Waals surface area (Å²) in [5.74, 6) is -1.66. The lowest BCUT2D eigenvalue weighted by atomic mass is 9.83. The number of nitrogens with one attached hydrogen (secondary N) is 1. The van der Waals surface area contributed by atoms with Crippen molar-refractivity contribution in [2.24, 2.45) is 11.8 Å². The molecule has 3 rings (SSSR count). The zero-order valence-corrected chi connectivity index (χ0v) is 12.6. The van der Waals surface area contributed by atoms with Crippen LogP contribution in [0, 0.1) is 11.8 Å². The van der Waals surface area contributed by atoms with E-state index >= 15 is 0 Å². The lowest BCUT2D eigenvalue weighted by Crippen LogP contribution is -2.41. The molecule has 6 heteroatoms. The first-order valence-electron chi connectivity index (χ1n) is 7.77. The van der Waals surface area contributed by atoms with Crippen molar-refractivity contribution in [3.05, 3.63) is 29.3 Å². The van der Waals surface area contributed by atoms with E-state index in [1.807, 2.05) is 0 Å². The third kappa shape index (κ3) is 2.88. The van der Waals surface area contributed by atoms with Crippen molar-refractivity contribution in [2.45, 2.75) is 32.1 Å². The van der Waals surface area contributed by atoms with Crippen LogP contribution >= 0.6 is 0 Å². The van der Waals surface area contributed by atoms with Crippen LogP contribution in [0.2, 0.25) is 0 Å². The van der Waals surface area contributed by atoms with Crippen LogP contribution in [0.15, 0.2) is 18.2 Å². The molecule has 1 aliphatic heterocycles. The van der Waals surface area contributed by atoms with Crippen molar-refractivity contribution in [1.29, 1.82) is 0 Å². The molecule has 2 amide bonds. The van der Waals surface area contributed by atoms with Crippen LogP contribution in [0.25, 0.3) is 0 Å². The van der Waals surface area contributed by atoms with Gasteiger partial charge in [0, 0.05) is 35.9 Å². The molecule has 120 valence electrons. The van der Waals surface area contributed by atoms with E-state index in [9.17, 15) is 19.2 Å². The standard InChI is InChI=1S/C17H18N2O4/c18-12-3-1-2-11-13(20)6-4-9(16(22)15(11)12)8-10-5-7-14(21)19-17(10)23/h1-3,9-10H,4-8,18H2,(H,19,21,23). The monoisotopic (exact) mass is 314 g/mol. The van der Waals surface area contributed by atoms with Crippen molar-refractivity contribution in [3.63, 3.8) is 0 Å². The summed E-state index contributed by atoms with van der Waals surface area (Å²) in [6.45, 7) is 0. The summed E-state index contributed by atoms with van der Waals surface area (Å²) in [7, 11) is 0. The molecule has 1 saturated heterocycles. The van der Waals surface area contributed by atoms with Crippen LogP contribution < -0.4 is 11.1 Å². The number of nitrogen functional groups attached to an aromatic ring is 1. The summed E-state index contributed by atoms with van der Waals surface area (Å²) >= 11 is 0. The molecule has 6 nitrogen and oxygen atoms in total. The highest BCUT2D eigenvalue weighted by Gasteiger charge is 2.35. The molecular weight excluding hydrogens is 296 g/mol. The van der Waals surface area contributed by atoms with Gasteiger partial charge in [0.1, 0.15) is 0 Å².